The number of allylic oxidation sites excluding steroid dienone is 1. The van der Waals surface area contributed by atoms with Crippen LogP contribution >= 0.6 is 11.6 Å². The van der Waals surface area contributed by atoms with Gasteiger partial charge in [0.15, 0.2) is 11.6 Å². The first-order valence-corrected chi connectivity index (χ1v) is 4.42. The number of ketones is 1. The molecule has 0 atom stereocenters. The van der Waals surface area contributed by atoms with Gasteiger partial charge >= 0.3 is 0 Å². The molecule has 0 aliphatic heterocycles. The molecule has 0 fully saturated rings. The molecule has 1 rings (SSSR count). The smallest absolute Gasteiger partial charge is 0.202 e. The van der Waals surface area contributed by atoms with Crippen molar-refractivity contribution < 1.29 is 4.79 Å². The Kier molecular flexibility index (Phi) is 3.59. The van der Waals surface area contributed by atoms with Crippen molar-refractivity contribution in [3.63, 3.8) is 0 Å². The quantitative estimate of drug-likeness (QED) is 0.473. The molecule has 14 heavy (non-hydrogen) atoms. The number of aromatic nitrogens is 2. The molecule has 0 aliphatic carbocycles. The highest BCUT2D eigenvalue weighted by Crippen LogP contribution is 2.18. The van der Waals surface area contributed by atoms with Gasteiger partial charge in [0.25, 0.3) is 0 Å². The third-order valence-corrected chi connectivity index (χ3v) is 1.67. The summed E-state index contributed by atoms with van der Waals surface area (Å²) in [5.74, 6) is 0.180. The lowest BCUT2D eigenvalue weighted by atomic mass is 10.3. The van der Waals surface area contributed by atoms with Crippen LogP contribution in [0.25, 0.3) is 0 Å². The van der Waals surface area contributed by atoms with Crippen LogP contribution in [0.4, 0.5) is 5.82 Å². The summed E-state index contributed by atoms with van der Waals surface area (Å²) in [7, 11) is 0. The number of aliphatic imine (C=N–C) groups is 1. The van der Waals surface area contributed by atoms with Crippen LogP contribution in [0, 0.1) is 0 Å². The van der Waals surface area contributed by atoms with Gasteiger partial charge in [0.1, 0.15) is 5.69 Å². The van der Waals surface area contributed by atoms with Crippen molar-refractivity contribution in [1.82, 2.24) is 9.97 Å². The molecule has 74 valence electrons. The number of hydrogen-bond acceptors (Lipinski definition) is 3. The van der Waals surface area contributed by atoms with E-state index in [1.165, 1.54) is 6.92 Å². The molecule has 1 aromatic rings. The first kappa shape index (κ1) is 10.7. The fraction of sp³-hybridized carbons (Fsp3) is 0.222. The normalized spacial score (nSPS) is 10.7. The van der Waals surface area contributed by atoms with Crippen LogP contribution < -0.4 is 0 Å². The van der Waals surface area contributed by atoms with E-state index in [-0.39, 0.29) is 11.1 Å². The lowest BCUT2D eigenvalue weighted by molar-refractivity contribution is 0.101. The van der Waals surface area contributed by atoms with Gasteiger partial charge in [-0.1, -0.05) is 6.08 Å². The van der Waals surface area contributed by atoms with Gasteiger partial charge in [0, 0.05) is 19.6 Å². The molecule has 1 N–H and O–H groups in total. The van der Waals surface area contributed by atoms with Crippen LogP contribution in [0.5, 0.6) is 0 Å². The lowest BCUT2D eigenvalue weighted by Crippen LogP contribution is -1.92. The van der Waals surface area contributed by atoms with E-state index in [0.29, 0.717) is 17.9 Å². The number of nitrogens with zero attached hydrogens (tertiary/aromatic N) is 2. The predicted octanol–water partition coefficient (Wildman–Crippen LogP) is 2.54. The second kappa shape index (κ2) is 4.72. The SMILES string of the molecule is C=CCC=Nc1nc(Cl)[nH]c1C(C)=O. The Morgan fingerprint density at radius 2 is 2.50 bits per heavy atom. The number of aromatic amines is 1. The predicted molar refractivity (Wildman–Crippen MR) is 56.6 cm³/mol. The van der Waals surface area contributed by atoms with Gasteiger partial charge in [0.05, 0.1) is 0 Å². The third-order valence-electron chi connectivity index (χ3n) is 1.49. The second-order valence-electron chi connectivity index (χ2n) is 2.62. The monoisotopic (exact) mass is 211 g/mol. The van der Waals surface area contributed by atoms with Crippen LogP contribution in [-0.4, -0.2) is 22.0 Å². The average Bonchev–Trinajstić information content (AvgIpc) is 2.47. The van der Waals surface area contributed by atoms with E-state index in [1.54, 1.807) is 12.3 Å². The Morgan fingerprint density at radius 3 is 3.07 bits per heavy atom. The third kappa shape index (κ3) is 2.53. The summed E-state index contributed by atoms with van der Waals surface area (Å²) in [5.41, 5.74) is 0.329. The van der Waals surface area contributed by atoms with Gasteiger partial charge < -0.3 is 4.98 Å². The Bertz CT molecular complexity index is 381. The minimum absolute atomic E-state index is 0.143. The molecule has 0 radical (unpaired) electrons. The summed E-state index contributed by atoms with van der Waals surface area (Å²) in [6, 6.07) is 0. The first-order valence-electron chi connectivity index (χ1n) is 4.05. The molecule has 0 amide bonds. The van der Waals surface area contributed by atoms with Crippen molar-refractivity contribution >= 4 is 29.4 Å². The Balaban J connectivity index is 2.95. The molecular formula is C9H10ClN3O. The standard InChI is InChI=1S/C9H10ClN3O/c1-3-4-5-11-8-7(6(2)14)12-9(10)13-8/h3,5H,1,4H2,2H3,(H,12,13). The molecule has 0 spiro atoms. The van der Waals surface area contributed by atoms with Crippen LogP contribution in [0.15, 0.2) is 17.6 Å². The number of rotatable bonds is 4. The number of Topliss-reactive ketones (excluding diaryl/α,β-unsaturated/α-hetero) is 1. The summed E-state index contributed by atoms with van der Waals surface area (Å²) in [6.07, 6.45) is 3.94. The number of imidazole rings is 1. The highest BCUT2D eigenvalue weighted by molar-refractivity contribution is 6.28. The molecule has 5 heteroatoms. The number of carbonyl (C=O) groups is 1. The van der Waals surface area contributed by atoms with E-state index in [1.807, 2.05) is 0 Å². The summed E-state index contributed by atoms with van der Waals surface area (Å²) in [6.45, 7) is 4.97. The van der Waals surface area contributed by atoms with Gasteiger partial charge in [-0.15, -0.1) is 6.58 Å². The largest absolute Gasteiger partial charge is 0.324 e. The zero-order valence-electron chi connectivity index (χ0n) is 7.75. The molecule has 0 aliphatic rings. The van der Waals surface area contributed by atoms with Gasteiger partial charge in [-0.05, 0) is 11.6 Å². The number of carbonyl (C=O) groups excluding carboxylic acids is 1. The van der Waals surface area contributed by atoms with Gasteiger partial charge in [0.2, 0.25) is 5.28 Å². The molecule has 1 aromatic heterocycles. The minimum atomic E-state index is -0.143. The van der Waals surface area contributed by atoms with E-state index >= 15 is 0 Å². The van der Waals surface area contributed by atoms with Crippen molar-refractivity contribution in [3.8, 4) is 0 Å². The first-order chi connectivity index (χ1) is 6.65. The fourth-order valence-electron chi connectivity index (χ4n) is 0.888. The Hall–Kier alpha value is -1.42. The summed E-state index contributed by atoms with van der Waals surface area (Å²) < 4.78 is 0. The van der Waals surface area contributed by atoms with Gasteiger partial charge in [-0.25, -0.2) is 4.99 Å². The molecule has 0 saturated heterocycles. The fourth-order valence-corrected chi connectivity index (χ4v) is 1.06. The molecule has 1 heterocycles. The van der Waals surface area contributed by atoms with Crippen molar-refractivity contribution in [2.75, 3.05) is 0 Å². The van der Waals surface area contributed by atoms with Gasteiger partial charge in [-0.2, -0.15) is 4.98 Å². The van der Waals surface area contributed by atoms with E-state index in [0.717, 1.165) is 0 Å². The van der Waals surface area contributed by atoms with E-state index in [2.05, 4.69) is 21.5 Å². The van der Waals surface area contributed by atoms with E-state index in [4.69, 9.17) is 11.6 Å². The Morgan fingerprint density at radius 1 is 1.79 bits per heavy atom. The molecule has 4 nitrogen and oxygen atoms in total. The van der Waals surface area contributed by atoms with E-state index < -0.39 is 0 Å². The van der Waals surface area contributed by atoms with Crippen LogP contribution in [-0.2, 0) is 0 Å². The molecule has 0 bridgehead atoms. The lowest BCUT2D eigenvalue weighted by Gasteiger charge is -1.89. The van der Waals surface area contributed by atoms with Gasteiger partial charge in [-0.3, -0.25) is 4.79 Å². The van der Waals surface area contributed by atoms with E-state index in [9.17, 15) is 4.79 Å². The summed E-state index contributed by atoms with van der Waals surface area (Å²) >= 11 is 5.61. The van der Waals surface area contributed by atoms with Crippen LogP contribution in [0.1, 0.15) is 23.8 Å². The second-order valence-corrected chi connectivity index (χ2v) is 2.98. The van der Waals surface area contributed by atoms with Crippen LogP contribution in [0.2, 0.25) is 5.28 Å². The Labute approximate surface area is 86.7 Å². The minimum Gasteiger partial charge on any atom is -0.324 e. The maximum atomic E-state index is 11.1. The number of H-pyrrole nitrogens is 1. The molecule has 0 unspecified atom stereocenters. The zero-order chi connectivity index (χ0) is 10.6. The zero-order valence-corrected chi connectivity index (χ0v) is 8.51. The average molecular weight is 212 g/mol. The molecule has 0 aromatic carbocycles. The van der Waals surface area contributed by atoms with Crippen LogP contribution in [0.3, 0.4) is 0 Å². The topological polar surface area (TPSA) is 58.1 Å². The maximum absolute atomic E-state index is 11.1. The highest BCUT2D eigenvalue weighted by Gasteiger charge is 2.11. The van der Waals surface area contributed by atoms with Crippen molar-refractivity contribution in [3.05, 3.63) is 23.6 Å². The van der Waals surface area contributed by atoms with Crippen molar-refractivity contribution in [2.24, 2.45) is 4.99 Å². The summed E-state index contributed by atoms with van der Waals surface area (Å²) in [5, 5.41) is 0.168. The number of halogens is 1. The van der Waals surface area contributed by atoms with Crippen molar-refractivity contribution in [1.29, 1.82) is 0 Å². The van der Waals surface area contributed by atoms with Crippen molar-refractivity contribution in [2.45, 2.75) is 13.3 Å². The number of hydrogen-bond donors (Lipinski definition) is 1. The number of nitrogens with one attached hydrogen (secondary N) is 1. The summed E-state index contributed by atoms with van der Waals surface area (Å²) in [4.78, 5) is 21.6. The maximum Gasteiger partial charge on any atom is 0.202 e. The molecule has 0 saturated carbocycles. The molecular weight excluding hydrogens is 202 g/mol. The highest BCUT2D eigenvalue weighted by atomic mass is 35.5.